The van der Waals surface area contributed by atoms with Crippen LogP contribution in [0.4, 0.5) is 0 Å². The van der Waals surface area contributed by atoms with Crippen molar-refractivity contribution >= 4 is 17.6 Å². The second-order valence-electron chi connectivity index (χ2n) is 3.02. The summed E-state index contributed by atoms with van der Waals surface area (Å²) in [4.78, 5) is 10.2. The second kappa shape index (κ2) is 12.3. The number of carboxylic acids is 1. The number of halogens is 1. The Hall–Kier alpha value is -1.14. The smallest absolute Gasteiger partial charge is 0.335 e. The molecule has 0 aliphatic rings. The van der Waals surface area contributed by atoms with Crippen molar-refractivity contribution in [3.8, 4) is 0 Å². The van der Waals surface area contributed by atoms with Gasteiger partial charge in [0.1, 0.15) is 6.07 Å². The number of aliphatic hydroxyl groups is 1. The fraction of sp³-hybridized carbons (Fsp3) is 0.417. The van der Waals surface area contributed by atoms with E-state index in [0.717, 1.165) is 0 Å². The molecule has 0 unspecified atom stereocenters. The molecular formula is C12H17ClO5. The third-order valence-electron chi connectivity index (χ3n) is 1.71. The molecule has 0 fully saturated rings. The van der Waals surface area contributed by atoms with Gasteiger partial charge in [-0.1, -0.05) is 29.8 Å². The Kier molecular flexibility index (Phi) is 11.5. The number of rotatable bonds is 7. The van der Waals surface area contributed by atoms with E-state index >= 15 is 0 Å². The number of carbonyl (C=O) groups is 1. The number of aromatic carboxylic acids is 1. The Morgan fingerprint density at radius 2 is 1.72 bits per heavy atom. The average Bonchev–Trinajstić information content (AvgIpc) is 2.40. The predicted molar refractivity (Wildman–Crippen MR) is 68.0 cm³/mol. The first-order chi connectivity index (χ1) is 8.72. The summed E-state index contributed by atoms with van der Waals surface area (Å²) in [6.07, 6.45) is 0. The molecule has 18 heavy (non-hydrogen) atoms. The van der Waals surface area contributed by atoms with E-state index in [1.54, 1.807) is 30.3 Å². The fourth-order valence-electron chi connectivity index (χ4n) is 0.920. The van der Waals surface area contributed by atoms with Crippen LogP contribution in [-0.2, 0) is 9.47 Å². The Labute approximate surface area is 111 Å². The highest BCUT2D eigenvalue weighted by molar-refractivity contribution is 6.17. The van der Waals surface area contributed by atoms with Crippen LogP contribution in [0.2, 0.25) is 0 Å². The molecule has 0 saturated heterocycles. The largest absolute Gasteiger partial charge is 0.478 e. The molecular weight excluding hydrogens is 260 g/mol. The number of hydrogen-bond donors (Lipinski definition) is 2. The quantitative estimate of drug-likeness (QED) is 0.584. The highest BCUT2D eigenvalue weighted by Gasteiger charge is 1.96. The SMILES string of the molecule is O=C(O)c1ccccc1.OCCOCCOCCl. The van der Waals surface area contributed by atoms with E-state index in [9.17, 15) is 4.79 Å². The monoisotopic (exact) mass is 276 g/mol. The lowest BCUT2D eigenvalue weighted by atomic mass is 10.2. The molecule has 2 N–H and O–H groups in total. The molecule has 0 aromatic heterocycles. The summed E-state index contributed by atoms with van der Waals surface area (Å²) in [7, 11) is 0. The van der Waals surface area contributed by atoms with Crippen LogP contribution in [0.5, 0.6) is 0 Å². The average molecular weight is 277 g/mol. The summed E-state index contributed by atoms with van der Waals surface area (Å²) in [5.74, 6) is -0.879. The van der Waals surface area contributed by atoms with Crippen LogP contribution in [0.3, 0.4) is 0 Å². The van der Waals surface area contributed by atoms with Gasteiger partial charge in [0.25, 0.3) is 0 Å². The first-order valence-corrected chi connectivity index (χ1v) is 5.86. The maximum atomic E-state index is 10.2. The zero-order valence-electron chi connectivity index (χ0n) is 9.92. The number of alkyl halides is 1. The first kappa shape index (κ1) is 16.9. The summed E-state index contributed by atoms with van der Waals surface area (Å²) >= 11 is 5.19. The molecule has 1 aromatic carbocycles. The van der Waals surface area contributed by atoms with Crippen LogP contribution >= 0.6 is 11.6 Å². The zero-order valence-corrected chi connectivity index (χ0v) is 10.7. The van der Waals surface area contributed by atoms with E-state index < -0.39 is 5.97 Å². The lowest BCUT2D eigenvalue weighted by Gasteiger charge is -1.99. The van der Waals surface area contributed by atoms with Crippen LogP contribution in [0.25, 0.3) is 0 Å². The van der Waals surface area contributed by atoms with Crippen molar-refractivity contribution in [1.82, 2.24) is 0 Å². The minimum atomic E-state index is -0.879. The van der Waals surface area contributed by atoms with Crippen LogP contribution in [0.15, 0.2) is 30.3 Å². The number of benzene rings is 1. The Morgan fingerprint density at radius 1 is 1.11 bits per heavy atom. The number of aliphatic hydroxyl groups excluding tert-OH is 1. The molecule has 1 aromatic rings. The number of ether oxygens (including phenoxy) is 2. The summed E-state index contributed by atoms with van der Waals surface area (Å²) in [6, 6.07) is 8.49. The molecule has 0 atom stereocenters. The number of carboxylic acid groups (broad SMARTS) is 1. The normalized spacial score (nSPS) is 9.44. The van der Waals surface area contributed by atoms with Gasteiger partial charge < -0.3 is 19.7 Å². The van der Waals surface area contributed by atoms with Gasteiger partial charge >= 0.3 is 5.97 Å². The lowest BCUT2D eigenvalue weighted by molar-refractivity contribution is 0.0455. The van der Waals surface area contributed by atoms with Gasteiger partial charge in [0, 0.05) is 0 Å². The van der Waals surface area contributed by atoms with Gasteiger partial charge in [-0.25, -0.2) is 4.79 Å². The number of hydrogen-bond acceptors (Lipinski definition) is 4. The topological polar surface area (TPSA) is 76.0 Å². The standard InChI is InChI=1S/C7H6O2.C5H11ClO3/c8-7(9)6-4-2-1-3-5-6;6-5-9-4-3-8-2-1-7/h1-5H,(H,8,9);7H,1-5H2. The van der Waals surface area contributed by atoms with Gasteiger partial charge in [-0.3, -0.25) is 0 Å². The minimum Gasteiger partial charge on any atom is -0.478 e. The molecule has 0 amide bonds. The third-order valence-corrected chi connectivity index (χ3v) is 1.86. The predicted octanol–water partition coefficient (Wildman–Crippen LogP) is 1.59. The van der Waals surface area contributed by atoms with Crippen LogP contribution < -0.4 is 0 Å². The van der Waals surface area contributed by atoms with Crippen molar-refractivity contribution < 1.29 is 24.5 Å². The van der Waals surface area contributed by atoms with E-state index in [1.165, 1.54) is 0 Å². The molecule has 5 nitrogen and oxygen atoms in total. The highest BCUT2D eigenvalue weighted by atomic mass is 35.5. The first-order valence-electron chi connectivity index (χ1n) is 5.33. The van der Waals surface area contributed by atoms with E-state index in [-0.39, 0.29) is 12.7 Å². The maximum Gasteiger partial charge on any atom is 0.335 e. The zero-order chi connectivity index (χ0) is 13.6. The molecule has 1 rings (SSSR count). The van der Waals surface area contributed by atoms with Gasteiger partial charge in [-0.15, -0.1) is 0 Å². The van der Waals surface area contributed by atoms with Crippen LogP contribution in [0, 0.1) is 0 Å². The molecule has 102 valence electrons. The second-order valence-corrected chi connectivity index (χ2v) is 3.24. The molecule has 0 radical (unpaired) electrons. The molecule has 0 spiro atoms. The summed E-state index contributed by atoms with van der Waals surface area (Å²) in [5.41, 5.74) is 0.331. The van der Waals surface area contributed by atoms with Gasteiger partial charge in [-0.05, 0) is 12.1 Å². The Bertz CT molecular complexity index is 299. The van der Waals surface area contributed by atoms with E-state index in [1.807, 2.05) is 0 Å². The Balaban J connectivity index is 0.000000321. The van der Waals surface area contributed by atoms with Crippen LogP contribution in [-0.4, -0.2) is 48.7 Å². The van der Waals surface area contributed by atoms with E-state index in [4.69, 9.17) is 31.3 Å². The van der Waals surface area contributed by atoms with Crippen molar-refractivity contribution in [2.75, 3.05) is 32.5 Å². The van der Waals surface area contributed by atoms with Crippen molar-refractivity contribution in [2.24, 2.45) is 0 Å². The van der Waals surface area contributed by atoms with Gasteiger partial charge in [0.2, 0.25) is 0 Å². The van der Waals surface area contributed by atoms with Gasteiger partial charge in [-0.2, -0.15) is 0 Å². The third kappa shape index (κ3) is 10.0. The molecule has 6 heteroatoms. The lowest BCUT2D eigenvalue weighted by Crippen LogP contribution is -2.06. The fourth-order valence-corrected chi connectivity index (χ4v) is 1.03. The minimum absolute atomic E-state index is 0.0564. The van der Waals surface area contributed by atoms with E-state index in [2.05, 4.69) is 0 Å². The molecule has 0 aliphatic heterocycles. The van der Waals surface area contributed by atoms with Crippen molar-refractivity contribution in [3.05, 3.63) is 35.9 Å². The summed E-state index contributed by atoms with van der Waals surface area (Å²) in [6.45, 7) is 1.41. The van der Waals surface area contributed by atoms with Crippen molar-refractivity contribution in [3.63, 3.8) is 0 Å². The summed E-state index contributed by atoms with van der Waals surface area (Å²) in [5, 5.41) is 16.6. The molecule has 0 heterocycles. The van der Waals surface area contributed by atoms with Crippen molar-refractivity contribution in [2.45, 2.75) is 0 Å². The van der Waals surface area contributed by atoms with Gasteiger partial charge in [0.15, 0.2) is 0 Å². The highest BCUT2D eigenvalue weighted by Crippen LogP contribution is 1.96. The molecule has 0 saturated carbocycles. The Morgan fingerprint density at radius 3 is 2.17 bits per heavy atom. The maximum absolute atomic E-state index is 10.2. The van der Waals surface area contributed by atoms with E-state index in [0.29, 0.717) is 25.4 Å². The van der Waals surface area contributed by atoms with Crippen LogP contribution in [0.1, 0.15) is 10.4 Å². The van der Waals surface area contributed by atoms with Gasteiger partial charge in [0.05, 0.1) is 32.0 Å². The van der Waals surface area contributed by atoms with Crippen molar-refractivity contribution in [1.29, 1.82) is 0 Å². The molecule has 0 aliphatic carbocycles. The summed E-state index contributed by atoms with van der Waals surface area (Å²) < 4.78 is 9.59. The molecule has 0 bridgehead atoms.